The number of phenols is 1. The van der Waals surface area contributed by atoms with Gasteiger partial charge in [0.15, 0.2) is 5.78 Å². The van der Waals surface area contributed by atoms with Gasteiger partial charge in [-0.3, -0.25) is 4.79 Å². The van der Waals surface area contributed by atoms with Gasteiger partial charge in [0.05, 0.1) is 14.2 Å². The zero-order chi connectivity index (χ0) is 14.4. The van der Waals surface area contributed by atoms with E-state index in [0.29, 0.717) is 18.6 Å². The number of rotatable bonds is 6. The number of hydrogen-bond donors (Lipinski definition) is 2. The van der Waals surface area contributed by atoms with Gasteiger partial charge in [-0.1, -0.05) is 6.92 Å². The molecule has 2 N–H and O–H groups in total. The predicted octanol–water partition coefficient (Wildman–Crippen LogP) is 2.68. The van der Waals surface area contributed by atoms with Crippen LogP contribution in [0.1, 0.15) is 25.3 Å². The maximum absolute atomic E-state index is 11.5. The van der Waals surface area contributed by atoms with E-state index in [2.05, 4.69) is 0 Å². The Morgan fingerprint density at radius 3 is 2.53 bits per heavy atom. The standard InChI is InChI=1S/C14H18O5/c1-4-5-9(15)6-11(16)14-12(17)7-10(18-2)8-13(14)19-3/h6-8,16-17H,4-5H2,1-3H3/b11-6-. The van der Waals surface area contributed by atoms with Crippen molar-refractivity contribution in [3.8, 4) is 17.2 Å². The maximum Gasteiger partial charge on any atom is 0.159 e. The van der Waals surface area contributed by atoms with Gasteiger partial charge in [0.2, 0.25) is 0 Å². The zero-order valence-corrected chi connectivity index (χ0v) is 11.3. The van der Waals surface area contributed by atoms with Crippen LogP contribution in [0.2, 0.25) is 0 Å². The number of benzene rings is 1. The van der Waals surface area contributed by atoms with Crippen LogP contribution in [-0.4, -0.2) is 30.2 Å². The van der Waals surface area contributed by atoms with E-state index < -0.39 is 0 Å². The van der Waals surface area contributed by atoms with Gasteiger partial charge in [-0.05, 0) is 6.42 Å². The highest BCUT2D eigenvalue weighted by atomic mass is 16.5. The Bertz CT molecular complexity index is 491. The zero-order valence-electron chi connectivity index (χ0n) is 11.3. The van der Waals surface area contributed by atoms with Crippen LogP contribution < -0.4 is 9.47 Å². The summed E-state index contributed by atoms with van der Waals surface area (Å²) >= 11 is 0. The van der Waals surface area contributed by atoms with Crippen LogP contribution >= 0.6 is 0 Å². The number of ketones is 1. The predicted molar refractivity (Wildman–Crippen MR) is 71.7 cm³/mol. The molecule has 0 fully saturated rings. The van der Waals surface area contributed by atoms with Gasteiger partial charge in [0, 0.05) is 24.6 Å². The van der Waals surface area contributed by atoms with E-state index in [1.165, 1.54) is 26.4 Å². The van der Waals surface area contributed by atoms with E-state index in [-0.39, 0.29) is 28.6 Å². The van der Waals surface area contributed by atoms with E-state index >= 15 is 0 Å². The summed E-state index contributed by atoms with van der Waals surface area (Å²) in [5.74, 6) is -0.123. The van der Waals surface area contributed by atoms with Gasteiger partial charge >= 0.3 is 0 Å². The Kier molecular flexibility index (Phi) is 5.23. The molecule has 0 saturated heterocycles. The molecule has 1 aromatic rings. The van der Waals surface area contributed by atoms with Gasteiger partial charge in [-0.2, -0.15) is 0 Å². The summed E-state index contributed by atoms with van der Waals surface area (Å²) in [4.78, 5) is 11.5. The van der Waals surface area contributed by atoms with Crippen LogP contribution in [0.25, 0.3) is 5.76 Å². The molecule has 0 unspecified atom stereocenters. The van der Waals surface area contributed by atoms with Crippen LogP contribution in [0.4, 0.5) is 0 Å². The second kappa shape index (κ2) is 6.68. The molecule has 1 aromatic carbocycles. The van der Waals surface area contributed by atoms with E-state index in [0.717, 1.165) is 6.08 Å². The van der Waals surface area contributed by atoms with Gasteiger partial charge < -0.3 is 19.7 Å². The number of carbonyl (C=O) groups is 1. The summed E-state index contributed by atoms with van der Waals surface area (Å²) in [6.45, 7) is 1.87. The van der Waals surface area contributed by atoms with Crippen molar-refractivity contribution in [2.75, 3.05) is 14.2 Å². The maximum atomic E-state index is 11.5. The van der Waals surface area contributed by atoms with Gasteiger partial charge in [-0.25, -0.2) is 0 Å². The number of aliphatic hydroxyl groups excluding tert-OH is 1. The first-order valence-corrected chi connectivity index (χ1v) is 5.92. The molecule has 0 spiro atoms. The van der Waals surface area contributed by atoms with Crippen molar-refractivity contribution in [1.29, 1.82) is 0 Å². The minimum Gasteiger partial charge on any atom is -0.507 e. The van der Waals surface area contributed by atoms with Gasteiger partial charge in [0.1, 0.15) is 28.6 Å². The largest absolute Gasteiger partial charge is 0.507 e. The summed E-state index contributed by atoms with van der Waals surface area (Å²) in [6, 6.07) is 2.86. The normalized spacial score (nSPS) is 11.2. The van der Waals surface area contributed by atoms with Crippen molar-refractivity contribution >= 4 is 11.5 Å². The number of methoxy groups -OCH3 is 2. The molecule has 0 radical (unpaired) electrons. The summed E-state index contributed by atoms with van der Waals surface area (Å²) in [5.41, 5.74) is 0.0766. The highest BCUT2D eigenvalue weighted by Gasteiger charge is 2.16. The molecular formula is C14H18O5. The molecule has 0 aliphatic carbocycles. The molecule has 1 rings (SSSR count). The molecule has 0 heterocycles. The average Bonchev–Trinajstić information content (AvgIpc) is 2.37. The third-order valence-corrected chi connectivity index (χ3v) is 2.56. The quantitative estimate of drug-likeness (QED) is 0.611. The molecule has 104 valence electrons. The highest BCUT2D eigenvalue weighted by molar-refractivity contribution is 5.96. The molecule has 0 aliphatic heterocycles. The summed E-state index contributed by atoms with van der Waals surface area (Å²) < 4.78 is 10.1. The SMILES string of the molecule is CCCC(=O)/C=C(\O)c1c(O)cc(OC)cc1OC. The smallest absolute Gasteiger partial charge is 0.159 e. The fourth-order valence-electron chi connectivity index (χ4n) is 1.66. The molecule has 0 aromatic heterocycles. The summed E-state index contributed by atoms with van der Waals surface area (Å²) in [7, 11) is 2.85. The number of aliphatic hydroxyl groups is 1. The fourth-order valence-corrected chi connectivity index (χ4v) is 1.66. The average molecular weight is 266 g/mol. The second-order valence-corrected chi connectivity index (χ2v) is 3.97. The first-order chi connectivity index (χ1) is 9.03. The second-order valence-electron chi connectivity index (χ2n) is 3.97. The molecule has 19 heavy (non-hydrogen) atoms. The Hall–Kier alpha value is -2.17. The molecule has 0 amide bonds. The molecule has 5 nitrogen and oxygen atoms in total. The molecule has 0 aliphatic rings. The third-order valence-electron chi connectivity index (χ3n) is 2.56. The van der Waals surface area contributed by atoms with Crippen molar-refractivity contribution in [1.82, 2.24) is 0 Å². The Labute approximate surface area is 112 Å². The van der Waals surface area contributed by atoms with E-state index in [1.54, 1.807) is 0 Å². The number of hydrogen-bond acceptors (Lipinski definition) is 5. The first-order valence-electron chi connectivity index (χ1n) is 5.92. The number of allylic oxidation sites excluding steroid dienone is 1. The lowest BCUT2D eigenvalue weighted by Gasteiger charge is -2.11. The molecule has 5 heteroatoms. The van der Waals surface area contributed by atoms with Crippen LogP contribution in [0, 0.1) is 0 Å². The molecule has 0 atom stereocenters. The Morgan fingerprint density at radius 2 is 2.00 bits per heavy atom. The lowest BCUT2D eigenvalue weighted by Crippen LogP contribution is -1.98. The van der Waals surface area contributed by atoms with E-state index in [1.807, 2.05) is 6.92 Å². The van der Waals surface area contributed by atoms with Crippen LogP contribution in [0.5, 0.6) is 17.2 Å². The highest BCUT2D eigenvalue weighted by Crippen LogP contribution is 2.37. The Balaban J connectivity index is 3.22. The summed E-state index contributed by atoms with van der Waals surface area (Å²) in [6.07, 6.45) is 2.12. The topological polar surface area (TPSA) is 76.0 Å². The molecular weight excluding hydrogens is 248 g/mol. The summed E-state index contributed by atoms with van der Waals surface area (Å²) in [5, 5.41) is 19.8. The Morgan fingerprint density at radius 1 is 1.32 bits per heavy atom. The van der Waals surface area contributed by atoms with Crippen LogP contribution in [0.15, 0.2) is 18.2 Å². The minimum atomic E-state index is -0.324. The first kappa shape index (κ1) is 14.9. The van der Waals surface area contributed by atoms with E-state index in [4.69, 9.17) is 9.47 Å². The monoisotopic (exact) mass is 266 g/mol. The number of aromatic hydroxyl groups is 1. The van der Waals surface area contributed by atoms with Crippen molar-refractivity contribution in [3.05, 3.63) is 23.8 Å². The van der Waals surface area contributed by atoms with E-state index in [9.17, 15) is 15.0 Å². The lowest BCUT2D eigenvalue weighted by atomic mass is 10.1. The number of phenolic OH excluding ortho intramolecular Hbond substituents is 1. The van der Waals surface area contributed by atoms with Crippen LogP contribution in [0.3, 0.4) is 0 Å². The van der Waals surface area contributed by atoms with Crippen molar-refractivity contribution in [3.63, 3.8) is 0 Å². The van der Waals surface area contributed by atoms with Crippen molar-refractivity contribution in [2.24, 2.45) is 0 Å². The fraction of sp³-hybridized carbons (Fsp3) is 0.357. The third kappa shape index (κ3) is 3.64. The van der Waals surface area contributed by atoms with Crippen molar-refractivity contribution in [2.45, 2.75) is 19.8 Å². The lowest BCUT2D eigenvalue weighted by molar-refractivity contribution is -0.114. The van der Waals surface area contributed by atoms with Crippen molar-refractivity contribution < 1.29 is 24.5 Å². The van der Waals surface area contributed by atoms with Gasteiger partial charge in [0.25, 0.3) is 0 Å². The van der Waals surface area contributed by atoms with Crippen LogP contribution in [-0.2, 0) is 4.79 Å². The molecule has 0 saturated carbocycles. The number of carbonyl (C=O) groups excluding carboxylic acids is 1. The minimum absolute atomic E-state index is 0.0766. The molecule has 0 bridgehead atoms. The number of ether oxygens (including phenoxy) is 2. The van der Waals surface area contributed by atoms with Gasteiger partial charge in [-0.15, -0.1) is 0 Å².